The van der Waals surface area contributed by atoms with Crippen LogP contribution in [0.15, 0.2) is 35.1 Å². The van der Waals surface area contributed by atoms with Gasteiger partial charge in [0.2, 0.25) is 0 Å². The van der Waals surface area contributed by atoms with Gasteiger partial charge in [-0.1, -0.05) is 22.0 Å². The van der Waals surface area contributed by atoms with E-state index in [0.717, 1.165) is 20.9 Å². The highest BCUT2D eigenvalue weighted by Gasteiger charge is 1.97. The molecule has 2 nitrogen and oxygen atoms in total. The number of nitrogens with two attached hydrogens (primary N) is 1. The van der Waals surface area contributed by atoms with Crippen LogP contribution in [0.2, 0.25) is 0 Å². The average molecular weight is 223 g/mol. The molecule has 0 atom stereocenters. The van der Waals surface area contributed by atoms with E-state index >= 15 is 0 Å². The summed E-state index contributed by atoms with van der Waals surface area (Å²) in [6.07, 6.45) is 3.46. The molecule has 2 rings (SSSR count). The molecule has 0 spiro atoms. The minimum Gasteiger partial charge on any atom is -0.397 e. The van der Waals surface area contributed by atoms with Crippen LogP contribution >= 0.6 is 15.9 Å². The fraction of sp³-hybridized carbons (Fsp3) is 0. The molecule has 0 amide bonds. The Balaban J connectivity index is 2.86. The van der Waals surface area contributed by atoms with Crippen molar-refractivity contribution < 1.29 is 0 Å². The zero-order chi connectivity index (χ0) is 8.55. The highest BCUT2D eigenvalue weighted by Crippen LogP contribution is 2.22. The van der Waals surface area contributed by atoms with Crippen LogP contribution in [-0.2, 0) is 0 Å². The summed E-state index contributed by atoms with van der Waals surface area (Å²) in [5.41, 5.74) is 6.45. The second-order valence-electron chi connectivity index (χ2n) is 2.59. The first kappa shape index (κ1) is 7.55. The molecule has 60 valence electrons. The first-order chi connectivity index (χ1) is 5.77. The summed E-state index contributed by atoms with van der Waals surface area (Å²) in [6, 6.07) is 5.95. The Kier molecular flexibility index (Phi) is 1.73. The molecule has 2 aromatic rings. The maximum absolute atomic E-state index is 5.73. The summed E-state index contributed by atoms with van der Waals surface area (Å²) in [4.78, 5) is 4.01. The molecule has 12 heavy (non-hydrogen) atoms. The van der Waals surface area contributed by atoms with E-state index in [1.807, 2.05) is 18.2 Å². The Morgan fingerprint density at radius 3 is 2.92 bits per heavy atom. The normalized spacial score (nSPS) is 10.4. The topological polar surface area (TPSA) is 38.9 Å². The van der Waals surface area contributed by atoms with Crippen molar-refractivity contribution in [2.24, 2.45) is 0 Å². The van der Waals surface area contributed by atoms with Crippen LogP contribution in [0, 0.1) is 0 Å². The smallest absolute Gasteiger partial charge is 0.0580 e. The second-order valence-corrected chi connectivity index (χ2v) is 3.51. The van der Waals surface area contributed by atoms with Gasteiger partial charge < -0.3 is 5.73 Å². The van der Waals surface area contributed by atoms with Crippen LogP contribution in [0.1, 0.15) is 0 Å². The van der Waals surface area contributed by atoms with Crippen molar-refractivity contribution in [2.75, 3.05) is 5.73 Å². The zero-order valence-corrected chi connectivity index (χ0v) is 7.88. The van der Waals surface area contributed by atoms with Gasteiger partial charge in [0.05, 0.1) is 11.9 Å². The number of anilines is 1. The Morgan fingerprint density at radius 2 is 2.08 bits per heavy atom. The Morgan fingerprint density at radius 1 is 1.25 bits per heavy atom. The molecule has 1 aromatic carbocycles. The summed E-state index contributed by atoms with van der Waals surface area (Å²) in [5.74, 6) is 0. The third-order valence-corrected chi connectivity index (χ3v) is 2.25. The lowest BCUT2D eigenvalue weighted by Gasteiger charge is -2.00. The summed E-state index contributed by atoms with van der Waals surface area (Å²) >= 11 is 3.39. The molecule has 1 aromatic heterocycles. The summed E-state index contributed by atoms with van der Waals surface area (Å²) in [7, 11) is 0. The van der Waals surface area contributed by atoms with E-state index in [-0.39, 0.29) is 0 Å². The van der Waals surface area contributed by atoms with E-state index in [0.29, 0.717) is 0 Å². The number of nitrogens with zero attached hydrogens (tertiary/aromatic N) is 1. The SMILES string of the molecule is Nc1cncc2cc(Br)ccc12. The summed E-state index contributed by atoms with van der Waals surface area (Å²) in [6.45, 7) is 0. The minimum atomic E-state index is 0.722. The highest BCUT2D eigenvalue weighted by atomic mass is 79.9. The van der Waals surface area contributed by atoms with Gasteiger partial charge in [-0.3, -0.25) is 4.98 Å². The van der Waals surface area contributed by atoms with Crippen molar-refractivity contribution >= 4 is 32.4 Å². The van der Waals surface area contributed by atoms with Crippen molar-refractivity contribution in [1.29, 1.82) is 0 Å². The Bertz CT molecular complexity index is 426. The van der Waals surface area contributed by atoms with Crippen LogP contribution in [0.4, 0.5) is 5.69 Å². The lowest BCUT2D eigenvalue weighted by atomic mass is 10.1. The molecule has 0 aliphatic carbocycles. The highest BCUT2D eigenvalue weighted by molar-refractivity contribution is 9.10. The lowest BCUT2D eigenvalue weighted by molar-refractivity contribution is 1.36. The van der Waals surface area contributed by atoms with Crippen LogP contribution < -0.4 is 5.73 Å². The third-order valence-electron chi connectivity index (χ3n) is 1.75. The van der Waals surface area contributed by atoms with Gasteiger partial charge in [0, 0.05) is 21.4 Å². The van der Waals surface area contributed by atoms with Gasteiger partial charge in [0.15, 0.2) is 0 Å². The fourth-order valence-electron chi connectivity index (χ4n) is 1.17. The first-order valence-corrected chi connectivity index (χ1v) is 4.35. The number of fused-ring (bicyclic) bond motifs is 1. The maximum Gasteiger partial charge on any atom is 0.0580 e. The molecule has 1 heterocycles. The van der Waals surface area contributed by atoms with Crippen LogP contribution in [0.25, 0.3) is 10.8 Å². The molecule has 0 unspecified atom stereocenters. The molecule has 2 N–H and O–H groups in total. The van der Waals surface area contributed by atoms with E-state index < -0.39 is 0 Å². The molecular weight excluding hydrogens is 216 g/mol. The van der Waals surface area contributed by atoms with Gasteiger partial charge in [-0.15, -0.1) is 0 Å². The minimum absolute atomic E-state index is 0.722. The van der Waals surface area contributed by atoms with E-state index in [1.54, 1.807) is 12.4 Å². The molecular formula is C9H7BrN2. The molecule has 0 fully saturated rings. The molecule has 0 aliphatic rings. The largest absolute Gasteiger partial charge is 0.397 e. The Hall–Kier alpha value is -1.09. The quantitative estimate of drug-likeness (QED) is 0.745. The van der Waals surface area contributed by atoms with Gasteiger partial charge in [0.1, 0.15) is 0 Å². The predicted molar refractivity (Wildman–Crippen MR) is 53.9 cm³/mol. The number of halogens is 1. The third kappa shape index (κ3) is 1.16. The first-order valence-electron chi connectivity index (χ1n) is 3.56. The van der Waals surface area contributed by atoms with Crippen molar-refractivity contribution in [2.45, 2.75) is 0 Å². The van der Waals surface area contributed by atoms with Crippen LogP contribution in [0.3, 0.4) is 0 Å². The lowest BCUT2D eigenvalue weighted by Crippen LogP contribution is -1.87. The molecule has 0 radical (unpaired) electrons. The summed E-state index contributed by atoms with van der Waals surface area (Å²) < 4.78 is 1.04. The number of hydrogen-bond donors (Lipinski definition) is 1. The number of pyridine rings is 1. The number of rotatable bonds is 0. The molecule has 0 saturated heterocycles. The Labute approximate surface area is 78.5 Å². The predicted octanol–water partition coefficient (Wildman–Crippen LogP) is 2.58. The number of aromatic nitrogens is 1. The standard InChI is InChI=1S/C9H7BrN2/c10-7-1-2-8-6(3-7)4-12-5-9(8)11/h1-5H,11H2. The number of hydrogen-bond acceptors (Lipinski definition) is 2. The van der Waals surface area contributed by atoms with E-state index in [4.69, 9.17) is 5.73 Å². The van der Waals surface area contributed by atoms with Gasteiger partial charge in [-0.05, 0) is 12.1 Å². The second kappa shape index (κ2) is 2.75. The number of nitrogen functional groups attached to an aromatic ring is 1. The monoisotopic (exact) mass is 222 g/mol. The van der Waals surface area contributed by atoms with Gasteiger partial charge >= 0.3 is 0 Å². The maximum atomic E-state index is 5.73. The van der Waals surface area contributed by atoms with Crippen molar-refractivity contribution in [3.8, 4) is 0 Å². The number of benzene rings is 1. The van der Waals surface area contributed by atoms with Crippen molar-refractivity contribution in [3.05, 3.63) is 35.1 Å². The van der Waals surface area contributed by atoms with E-state index in [1.165, 1.54) is 0 Å². The van der Waals surface area contributed by atoms with Gasteiger partial charge in [-0.2, -0.15) is 0 Å². The van der Waals surface area contributed by atoms with Crippen molar-refractivity contribution in [3.63, 3.8) is 0 Å². The zero-order valence-electron chi connectivity index (χ0n) is 6.29. The molecule has 0 bridgehead atoms. The van der Waals surface area contributed by atoms with Crippen molar-refractivity contribution in [1.82, 2.24) is 4.98 Å². The molecule has 3 heteroatoms. The van der Waals surface area contributed by atoms with Gasteiger partial charge in [-0.25, -0.2) is 0 Å². The fourth-order valence-corrected chi connectivity index (χ4v) is 1.55. The van der Waals surface area contributed by atoms with Crippen LogP contribution in [-0.4, -0.2) is 4.98 Å². The average Bonchev–Trinajstić information content (AvgIpc) is 2.04. The van der Waals surface area contributed by atoms with Gasteiger partial charge in [0.25, 0.3) is 0 Å². The van der Waals surface area contributed by atoms with E-state index in [2.05, 4.69) is 20.9 Å². The molecule has 0 aliphatic heterocycles. The summed E-state index contributed by atoms with van der Waals surface area (Å²) in [5, 5.41) is 2.11. The molecule has 0 saturated carbocycles. The van der Waals surface area contributed by atoms with Crippen LogP contribution in [0.5, 0.6) is 0 Å². The van der Waals surface area contributed by atoms with E-state index in [9.17, 15) is 0 Å².